The minimum absolute atomic E-state index is 0.185. The molecule has 0 amide bonds. The fourth-order valence-electron chi connectivity index (χ4n) is 3.37. The zero-order valence-electron chi connectivity index (χ0n) is 19.7. The summed E-state index contributed by atoms with van der Waals surface area (Å²) in [6.45, 7) is 15.6. The van der Waals surface area contributed by atoms with E-state index < -0.39 is 5.82 Å². The molecular weight excluding hydrogens is 401 g/mol. The normalized spacial score (nSPS) is 18.5. The molecular formula is C28H36FNO2. The lowest BCUT2D eigenvalue weighted by atomic mass is 9.91. The summed E-state index contributed by atoms with van der Waals surface area (Å²) in [4.78, 5) is 0. The van der Waals surface area contributed by atoms with E-state index in [0.717, 1.165) is 60.0 Å². The summed E-state index contributed by atoms with van der Waals surface area (Å²) < 4.78 is 26.7. The van der Waals surface area contributed by atoms with Crippen molar-refractivity contribution in [3.8, 4) is 11.5 Å². The summed E-state index contributed by atoms with van der Waals surface area (Å²) in [6.07, 6.45) is 14.2. The first-order chi connectivity index (χ1) is 15.4. The maximum atomic E-state index is 15.0. The van der Waals surface area contributed by atoms with Crippen molar-refractivity contribution in [1.29, 1.82) is 0 Å². The lowest BCUT2D eigenvalue weighted by molar-refractivity contribution is 0.288. The molecule has 0 unspecified atom stereocenters. The molecule has 1 aliphatic heterocycles. The average Bonchev–Trinajstić information content (AvgIpc) is 2.77. The number of benzene rings is 1. The topological polar surface area (TPSA) is 44.5 Å². The maximum Gasteiger partial charge on any atom is 0.165 e. The summed E-state index contributed by atoms with van der Waals surface area (Å²) in [6, 6.07) is 3.10. The zero-order chi connectivity index (χ0) is 23.5. The van der Waals surface area contributed by atoms with E-state index >= 15 is 4.39 Å². The first-order valence-electron chi connectivity index (χ1n) is 11.3. The molecule has 2 rings (SSSR count). The van der Waals surface area contributed by atoms with Gasteiger partial charge >= 0.3 is 0 Å². The molecule has 0 saturated heterocycles. The Balaban J connectivity index is 2.43. The molecule has 0 saturated carbocycles. The van der Waals surface area contributed by atoms with Crippen molar-refractivity contribution in [1.82, 2.24) is 0 Å². The molecule has 1 heterocycles. The smallest absolute Gasteiger partial charge is 0.165 e. The van der Waals surface area contributed by atoms with E-state index in [4.69, 9.17) is 15.2 Å². The standard InChI is InChI=1S/C28H36FNO2/c1-6-11-22(4)23(5)24-13-12-20(2)21(3)14-17-32-27-19-28(26(29)18-25(24)27)31-16-10-8-7-9-15-30/h11-14,17-19H,3,5-10,15-16,30H2,1-2,4H3/b17-14+,20-12-,22-11-,24-13+. The number of nitrogens with two attached hydrogens (primary N) is 1. The number of unbranched alkanes of at least 4 members (excludes halogenated alkanes) is 3. The monoisotopic (exact) mass is 437 g/mol. The van der Waals surface area contributed by atoms with Gasteiger partial charge in [-0.05, 0) is 79.7 Å². The van der Waals surface area contributed by atoms with Crippen molar-refractivity contribution in [3.63, 3.8) is 0 Å². The van der Waals surface area contributed by atoms with Crippen LogP contribution in [0, 0.1) is 5.82 Å². The van der Waals surface area contributed by atoms with Crippen molar-refractivity contribution in [2.24, 2.45) is 5.73 Å². The van der Waals surface area contributed by atoms with E-state index in [2.05, 4.69) is 26.2 Å². The Morgan fingerprint density at radius 3 is 2.66 bits per heavy atom. The quantitative estimate of drug-likeness (QED) is 0.306. The Morgan fingerprint density at radius 1 is 1.19 bits per heavy atom. The summed E-state index contributed by atoms with van der Waals surface area (Å²) in [7, 11) is 0. The summed E-state index contributed by atoms with van der Waals surface area (Å²) in [5.41, 5.74) is 10.7. The number of ether oxygens (including phenoxy) is 2. The minimum Gasteiger partial charge on any atom is -0.490 e. The fourth-order valence-corrected chi connectivity index (χ4v) is 3.37. The van der Waals surface area contributed by atoms with Crippen LogP contribution in [0.1, 0.15) is 58.4 Å². The molecule has 0 aromatic heterocycles. The molecule has 0 fully saturated rings. The molecule has 0 spiro atoms. The predicted octanol–water partition coefficient (Wildman–Crippen LogP) is 7.43. The number of fused-ring (bicyclic) bond motifs is 1. The van der Waals surface area contributed by atoms with Gasteiger partial charge in [-0.1, -0.05) is 51.2 Å². The molecule has 4 heteroatoms. The molecule has 32 heavy (non-hydrogen) atoms. The molecule has 0 aliphatic carbocycles. The van der Waals surface area contributed by atoms with Gasteiger partial charge in [-0.15, -0.1) is 0 Å². The van der Waals surface area contributed by atoms with Crippen molar-refractivity contribution in [2.75, 3.05) is 13.2 Å². The van der Waals surface area contributed by atoms with Gasteiger partial charge in [-0.2, -0.15) is 0 Å². The van der Waals surface area contributed by atoms with E-state index in [1.807, 2.05) is 26.0 Å². The summed E-state index contributed by atoms with van der Waals surface area (Å²) >= 11 is 0. The van der Waals surface area contributed by atoms with Crippen LogP contribution in [0.25, 0.3) is 5.57 Å². The molecule has 0 bridgehead atoms. The average molecular weight is 438 g/mol. The third kappa shape index (κ3) is 7.10. The SMILES string of the molecule is C=C1/C=C/Oc2cc(OCCCCCCN)c(F)cc2/C(C(=C)/C(C)=C\CC)=C/C=C\1C. The highest BCUT2D eigenvalue weighted by atomic mass is 19.1. The largest absolute Gasteiger partial charge is 0.490 e. The number of allylic oxidation sites excluding steroid dienone is 9. The van der Waals surface area contributed by atoms with Gasteiger partial charge in [0.25, 0.3) is 0 Å². The molecule has 0 atom stereocenters. The highest BCUT2D eigenvalue weighted by Gasteiger charge is 2.18. The maximum absolute atomic E-state index is 15.0. The molecule has 1 aliphatic rings. The van der Waals surface area contributed by atoms with E-state index in [1.165, 1.54) is 6.07 Å². The minimum atomic E-state index is -0.420. The van der Waals surface area contributed by atoms with E-state index in [9.17, 15) is 0 Å². The molecule has 172 valence electrons. The first-order valence-corrected chi connectivity index (χ1v) is 11.3. The second kappa shape index (κ2) is 12.9. The van der Waals surface area contributed by atoms with Crippen molar-refractivity contribution < 1.29 is 13.9 Å². The third-order valence-corrected chi connectivity index (χ3v) is 5.46. The van der Waals surface area contributed by atoms with Gasteiger partial charge in [0.05, 0.1) is 12.9 Å². The molecule has 0 radical (unpaired) electrons. The van der Waals surface area contributed by atoms with Crippen LogP contribution in [0.5, 0.6) is 11.5 Å². The van der Waals surface area contributed by atoms with Gasteiger partial charge in [0.2, 0.25) is 0 Å². The van der Waals surface area contributed by atoms with Crippen LogP contribution in [0.15, 0.2) is 78.1 Å². The van der Waals surface area contributed by atoms with Crippen LogP contribution in [-0.4, -0.2) is 13.2 Å². The Morgan fingerprint density at radius 2 is 1.94 bits per heavy atom. The van der Waals surface area contributed by atoms with Gasteiger partial charge in [0.1, 0.15) is 5.75 Å². The lowest BCUT2D eigenvalue weighted by Crippen LogP contribution is -2.03. The fraction of sp³-hybridized carbons (Fsp3) is 0.357. The zero-order valence-corrected chi connectivity index (χ0v) is 19.7. The predicted molar refractivity (Wildman–Crippen MR) is 133 cm³/mol. The lowest BCUT2D eigenvalue weighted by Gasteiger charge is -2.18. The van der Waals surface area contributed by atoms with Gasteiger partial charge in [-0.3, -0.25) is 0 Å². The Hall–Kier alpha value is -2.85. The molecule has 2 N–H and O–H groups in total. The second-order valence-corrected chi connectivity index (χ2v) is 7.98. The van der Waals surface area contributed by atoms with Crippen LogP contribution in [0.4, 0.5) is 4.39 Å². The Labute approximate surface area is 192 Å². The number of halogens is 1. The van der Waals surface area contributed by atoms with Crippen molar-refractivity contribution >= 4 is 5.57 Å². The third-order valence-electron chi connectivity index (χ3n) is 5.46. The van der Waals surface area contributed by atoms with Gasteiger partial charge in [0, 0.05) is 11.6 Å². The van der Waals surface area contributed by atoms with Crippen LogP contribution in [-0.2, 0) is 0 Å². The van der Waals surface area contributed by atoms with Gasteiger partial charge in [-0.25, -0.2) is 4.39 Å². The Kier molecular flexibility index (Phi) is 10.2. The first kappa shape index (κ1) is 25.4. The van der Waals surface area contributed by atoms with Gasteiger partial charge < -0.3 is 15.2 Å². The van der Waals surface area contributed by atoms with Crippen LogP contribution >= 0.6 is 0 Å². The second-order valence-electron chi connectivity index (χ2n) is 7.98. The van der Waals surface area contributed by atoms with Crippen LogP contribution in [0.3, 0.4) is 0 Å². The molecule has 1 aromatic carbocycles. The number of rotatable bonds is 10. The highest BCUT2D eigenvalue weighted by molar-refractivity contribution is 5.87. The summed E-state index contributed by atoms with van der Waals surface area (Å²) in [5, 5.41) is 0. The van der Waals surface area contributed by atoms with E-state index in [0.29, 0.717) is 24.5 Å². The van der Waals surface area contributed by atoms with E-state index in [-0.39, 0.29) is 5.75 Å². The van der Waals surface area contributed by atoms with Crippen LogP contribution < -0.4 is 15.2 Å². The molecule has 1 aromatic rings. The van der Waals surface area contributed by atoms with Crippen molar-refractivity contribution in [3.05, 3.63) is 89.5 Å². The number of hydrogen-bond acceptors (Lipinski definition) is 3. The Bertz CT molecular complexity index is 950. The van der Waals surface area contributed by atoms with Crippen molar-refractivity contribution in [2.45, 2.75) is 52.9 Å². The number of hydrogen-bond donors (Lipinski definition) is 1. The van der Waals surface area contributed by atoms with Crippen LogP contribution in [0.2, 0.25) is 0 Å². The van der Waals surface area contributed by atoms with E-state index in [1.54, 1.807) is 18.4 Å². The van der Waals surface area contributed by atoms with Gasteiger partial charge in [0.15, 0.2) is 11.6 Å². The highest BCUT2D eigenvalue weighted by Crippen LogP contribution is 2.38. The molecule has 3 nitrogen and oxygen atoms in total. The summed E-state index contributed by atoms with van der Waals surface area (Å²) in [5.74, 6) is 0.277.